The summed E-state index contributed by atoms with van der Waals surface area (Å²) in [6, 6.07) is 15.4. The zero-order chi connectivity index (χ0) is 19.1. The van der Waals surface area contributed by atoms with Crippen LogP contribution in [0.25, 0.3) is 10.1 Å². The van der Waals surface area contributed by atoms with Gasteiger partial charge >= 0.3 is 0 Å². The average molecular weight is 385 g/mol. The molecule has 3 rings (SSSR count). The average Bonchev–Trinajstić information content (AvgIpc) is 3.01. The predicted molar refractivity (Wildman–Crippen MR) is 109 cm³/mol. The fraction of sp³-hybridized carbons (Fsp3) is 0.333. The van der Waals surface area contributed by atoms with Crippen molar-refractivity contribution in [2.45, 2.75) is 39.3 Å². The first-order chi connectivity index (χ1) is 13.2. The van der Waals surface area contributed by atoms with Crippen LogP contribution in [-0.2, 0) is 17.9 Å². The molecule has 3 aromatic rings. The van der Waals surface area contributed by atoms with Crippen molar-refractivity contribution in [1.82, 2.24) is 9.27 Å². The zero-order valence-corrected chi connectivity index (χ0v) is 16.3. The Morgan fingerprint density at radius 2 is 1.93 bits per heavy atom. The lowest BCUT2D eigenvalue weighted by atomic mass is 10.2. The first-order valence-electron chi connectivity index (χ1n) is 9.24. The van der Waals surface area contributed by atoms with E-state index in [9.17, 15) is 9.59 Å². The van der Waals surface area contributed by atoms with Crippen LogP contribution >= 0.6 is 11.5 Å². The van der Waals surface area contributed by atoms with Crippen LogP contribution in [0.3, 0.4) is 0 Å². The first-order valence-corrected chi connectivity index (χ1v) is 10.0. The second kappa shape index (κ2) is 9.37. The molecule has 0 saturated carbocycles. The predicted octanol–water partition coefficient (Wildman–Crippen LogP) is 3.95. The van der Waals surface area contributed by atoms with E-state index in [2.05, 4.69) is 12.2 Å². The number of ether oxygens (including phenoxy) is 1. The van der Waals surface area contributed by atoms with E-state index in [1.807, 2.05) is 48.5 Å². The number of benzene rings is 2. The van der Waals surface area contributed by atoms with Crippen LogP contribution in [0, 0.1) is 0 Å². The minimum absolute atomic E-state index is 0.00419. The van der Waals surface area contributed by atoms with Gasteiger partial charge < -0.3 is 10.1 Å². The first kappa shape index (κ1) is 19.2. The summed E-state index contributed by atoms with van der Waals surface area (Å²) in [5.41, 5.74) is 1.06. The van der Waals surface area contributed by atoms with Crippen molar-refractivity contribution >= 4 is 27.5 Å². The number of hydrogen-bond acceptors (Lipinski definition) is 4. The summed E-state index contributed by atoms with van der Waals surface area (Å²) in [5, 5.41) is 3.67. The van der Waals surface area contributed by atoms with Crippen LogP contribution in [0.2, 0.25) is 0 Å². The van der Waals surface area contributed by atoms with Crippen LogP contribution in [0.5, 0.6) is 5.75 Å². The summed E-state index contributed by atoms with van der Waals surface area (Å²) in [7, 11) is 0. The lowest BCUT2D eigenvalue weighted by Gasteiger charge is -2.07. The van der Waals surface area contributed by atoms with Gasteiger partial charge in [-0.25, -0.2) is 0 Å². The zero-order valence-electron chi connectivity index (χ0n) is 15.4. The van der Waals surface area contributed by atoms with Crippen molar-refractivity contribution in [3.05, 3.63) is 64.4 Å². The molecule has 1 aromatic heterocycles. The third kappa shape index (κ3) is 5.20. The van der Waals surface area contributed by atoms with E-state index in [4.69, 9.17) is 4.74 Å². The van der Waals surface area contributed by atoms with Gasteiger partial charge in [-0.3, -0.25) is 13.5 Å². The summed E-state index contributed by atoms with van der Waals surface area (Å²) in [6.45, 7) is 3.84. The molecular weight excluding hydrogens is 360 g/mol. The third-order valence-electron chi connectivity index (χ3n) is 4.20. The maximum atomic E-state index is 12.3. The molecule has 1 amide bonds. The number of carbonyl (C=O) groups is 1. The van der Waals surface area contributed by atoms with Gasteiger partial charge in [-0.2, -0.15) is 0 Å². The van der Waals surface area contributed by atoms with Gasteiger partial charge in [0.2, 0.25) is 5.91 Å². The molecule has 0 fully saturated rings. The van der Waals surface area contributed by atoms with Crippen molar-refractivity contribution in [3.63, 3.8) is 0 Å². The van der Waals surface area contributed by atoms with E-state index < -0.39 is 0 Å². The van der Waals surface area contributed by atoms with E-state index in [0.717, 1.165) is 27.8 Å². The highest BCUT2D eigenvalue weighted by Gasteiger charge is 2.08. The summed E-state index contributed by atoms with van der Waals surface area (Å²) in [4.78, 5) is 24.3. The molecule has 6 heteroatoms. The van der Waals surface area contributed by atoms with Gasteiger partial charge in [0.15, 0.2) is 0 Å². The van der Waals surface area contributed by atoms with E-state index >= 15 is 0 Å². The molecule has 0 saturated heterocycles. The van der Waals surface area contributed by atoms with Crippen LogP contribution in [0.15, 0.2) is 53.3 Å². The number of nitrogens with zero attached hydrogens (tertiary/aromatic N) is 1. The van der Waals surface area contributed by atoms with Crippen molar-refractivity contribution in [3.8, 4) is 5.75 Å². The van der Waals surface area contributed by atoms with Crippen LogP contribution in [-0.4, -0.2) is 16.5 Å². The normalized spacial score (nSPS) is 10.9. The molecule has 0 atom stereocenters. The Morgan fingerprint density at radius 1 is 1.15 bits per heavy atom. The summed E-state index contributed by atoms with van der Waals surface area (Å²) >= 11 is 1.45. The molecule has 0 radical (unpaired) electrons. The molecule has 27 heavy (non-hydrogen) atoms. The number of nitrogens with one attached hydrogen (secondary N) is 1. The molecule has 0 aliphatic rings. The van der Waals surface area contributed by atoms with Crippen molar-refractivity contribution < 1.29 is 9.53 Å². The molecule has 0 spiro atoms. The van der Waals surface area contributed by atoms with Gasteiger partial charge in [-0.1, -0.05) is 42.7 Å². The maximum Gasteiger partial charge on any atom is 0.268 e. The molecule has 1 heterocycles. The lowest BCUT2D eigenvalue weighted by Crippen LogP contribution is -2.23. The van der Waals surface area contributed by atoms with E-state index in [-0.39, 0.29) is 11.5 Å². The highest BCUT2D eigenvalue weighted by molar-refractivity contribution is 7.13. The number of hydrogen-bond donors (Lipinski definition) is 1. The number of rotatable bonds is 9. The quantitative estimate of drug-likeness (QED) is 0.608. The fourth-order valence-electron chi connectivity index (χ4n) is 2.76. The molecule has 0 bridgehead atoms. The Bertz CT molecular complexity index is 944. The molecule has 1 N–H and O–H groups in total. The minimum Gasteiger partial charge on any atom is -0.494 e. The van der Waals surface area contributed by atoms with Crippen molar-refractivity contribution in [1.29, 1.82) is 0 Å². The summed E-state index contributed by atoms with van der Waals surface area (Å²) < 4.78 is 8.26. The van der Waals surface area contributed by atoms with E-state index in [1.165, 1.54) is 11.5 Å². The molecular formula is C21H24N2O3S. The van der Waals surface area contributed by atoms with Gasteiger partial charge in [0.1, 0.15) is 5.75 Å². The Kier molecular flexibility index (Phi) is 6.65. The Morgan fingerprint density at radius 3 is 2.67 bits per heavy atom. The number of fused-ring (bicyclic) bond motifs is 1. The van der Waals surface area contributed by atoms with Gasteiger partial charge in [-0.05, 0) is 42.7 Å². The number of aromatic nitrogens is 1. The molecule has 0 unspecified atom stereocenters. The van der Waals surface area contributed by atoms with Crippen LogP contribution in [0.1, 0.15) is 31.7 Å². The largest absolute Gasteiger partial charge is 0.494 e. The van der Waals surface area contributed by atoms with Crippen molar-refractivity contribution in [2.24, 2.45) is 0 Å². The van der Waals surface area contributed by atoms with Crippen molar-refractivity contribution in [2.75, 3.05) is 6.61 Å². The highest BCUT2D eigenvalue weighted by Crippen LogP contribution is 2.16. The molecule has 142 valence electrons. The van der Waals surface area contributed by atoms with Gasteiger partial charge in [-0.15, -0.1) is 0 Å². The second-order valence-electron chi connectivity index (χ2n) is 6.37. The van der Waals surface area contributed by atoms with Gasteiger partial charge in [0.05, 0.1) is 16.7 Å². The van der Waals surface area contributed by atoms with Crippen LogP contribution < -0.4 is 15.6 Å². The number of aryl methyl sites for hydroxylation is 1. The lowest BCUT2D eigenvalue weighted by molar-refractivity contribution is -0.121. The standard InChI is InChI=1S/C21H24N2O3S/c1-2-14-26-17-11-9-16(10-12-17)15-22-20(24)8-5-13-23-21(25)18-6-3-4-7-19(18)27-23/h3-4,6-7,9-12H,2,5,8,13-15H2,1H3,(H,22,24). The third-order valence-corrected chi connectivity index (χ3v) is 5.32. The fourth-order valence-corrected chi connectivity index (χ4v) is 3.79. The topological polar surface area (TPSA) is 60.3 Å². The SMILES string of the molecule is CCCOc1ccc(CNC(=O)CCCn2sc3ccccc3c2=O)cc1. The highest BCUT2D eigenvalue weighted by atomic mass is 32.1. The maximum absolute atomic E-state index is 12.3. The Balaban J connectivity index is 1.43. The van der Waals surface area contributed by atoms with Gasteiger partial charge in [0.25, 0.3) is 5.56 Å². The monoisotopic (exact) mass is 384 g/mol. The number of amides is 1. The minimum atomic E-state index is -0.00419. The second-order valence-corrected chi connectivity index (χ2v) is 7.43. The van der Waals surface area contributed by atoms with E-state index in [1.54, 1.807) is 3.96 Å². The number of carbonyl (C=O) groups excluding carboxylic acids is 1. The molecule has 5 nitrogen and oxygen atoms in total. The van der Waals surface area contributed by atoms with E-state index in [0.29, 0.717) is 32.5 Å². The Labute approximate surface area is 162 Å². The van der Waals surface area contributed by atoms with Gasteiger partial charge in [0, 0.05) is 19.5 Å². The molecule has 0 aliphatic heterocycles. The smallest absolute Gasteiger partial charge is 0.268 e. The van der Waals surface area contributed by atoms with Crippen LogP contribution in [0.4, 0.5) is 0 Å². The molecule has 2 aromatic carbocycles. The molecule has 0 aliphatic carbocycles. The summed E-state index contributed by atoms with van der Waals surface area (Å²) in [5.74, 6) is 0.844. The summed E-state index contributed by atoms with van der Waals surface area (Å²) in [6.07, 6.45) is 2.02. The Hall–Kier alpha value is -2.60.